The lowest BCUT2D eigenvalue weighted by Gasteiger charge is -2.22. The van der Waals surface area contributed by atoms with Gasteiger partial charge in [-0.1, -0.05) is 18.2 Å². The maximum Gasteiger partial charge on any atom is 0.261 e. The number of halogens is 1. The standard InChI is InChI=1S/C22H29ClN4O3S/c1-13(25-17-6-5-14(23)9-16(17)24)18(12-29-3)26-22(28)21-10-15-19(30-4)11-27(2)8-7-20(15)31-21/h5-6,9-10,18-19,25H,1,7-8,11-12,24H2,2-4H3,(H,26,28)/t18-,19-/m0/s1. The number of nitrogens with zero attached hydrogens (tertiary/aromatic N) is 1. The van der Waals surface area contributed by atoms with Crippen LogP contribution < -0.4 is 16.4 Å². The summed E-state index contributed by atoms with van der Waals surface area (Å²) in [5.74, 6) is -0.171. The van der Waals surface area contributed by atoms with Crippen LogP contribution in [0.25, 0.3) is 0 Å². The summed E-state index contributed by atoms with van der Waals surface area (Å²) >= 11 is 7.48. The number of carbonyl (C=O) groups is 1. The number of hydrogen-bond donors (Lipinski definition) is 3. The van der Waals surface area contributed by atoms with Crippen molar-refractivity contribution in [2.24, 2.45) is 0 Å². The summed E-state index contributed by atoms with van der Waals surface area (Å²) < 4.78 is 11.0. The number of ether oxygens (including phenoxy) is 2. The number of nitrogens with one attached hydrogen (secondary N) is 2. The highest BCUT2D eigenvalue weighted by atomic mass is 35.5. The second kappa shape index (κ2) is 10.5. The predicted molar refractivity (Wildman–Crippen MR) is 127 cm³/mol. The molecule has 0 radical (unpaired) electrons. The molecule has 0 saturated carbocycles. The topological polar surface area (TPSA) is 88.8 Å². The maximum absolute atomic E-state index is 13.0. The van der Waals surface area contributed by atoms with Gasteiger partial charge in [-0.15, -0.1) is 11.3 Å². The molecule has 1 aliphatic heterocycles. The number of fused-ring (bicyclic) bond motifs is 1. The first-order valence-corrected chi connectivity index (χ1v) is 11.2. The largest absolute Gasteiger partial charge is 0.397 e. The van der Waals surface area contributed by atoms with Crippen molar-refractivity contribution >= 4 is 40.2 Å². The van der Waals surface area contributed by atoms with Crippen LogP contribution in [0.1, 0.15) is 26.2 Å². The highest BCUT2D eigenvalue weighted by molar-refractivity contribution is 7.14. The van der Waals surface area contributed by atoms with Gasteiger partial charge in [0.25, 0.3) is 5.91 Å². The van der Waals surface area contributed by atoms with Gasteiger partial charge in [0.15, 0.2) is 0 Å². The van der Waals surface area contributed by atoms with E-state index in [4.69, 9.17) is 26.8 Å². The van der Waals surface area contributed by atoms with E-state index >= 15 is 0 Å². The second-order valence-electron chi connectivity index (χ2n) is 7.59. The van der Waals surface area contributed by atoms with Crippen LogP contribution in [0.2, 0.25) is 5.02 Å². The molecule has 0 bridgehead atoms. The van der Waals surface area contributed by atoms with Gasteiger partial charge >= 0.3 is 0 Å². The number of carbonyl (C=O) groups excluding carboxylic acids is 1. The molecule has 2 aromatic rings. The van der Waals surface area contributed by atoms with E-state index in [1.165, 1.54) is 16.2 Å². The molecule has 7 nitrogen and oxygen atoms in total. The van der Waals surface area contributed by atoms with E-state index in [-0.39, 0.29) is 18.6 Å². The molecule has 0 aliphatic carbocycles. The van der Waals surface area contributed by atoms with Crippen LogP contribution in [0.3, 0.4) is 0 Å². The zero-order valence-electron chi connectivity index (χ0n) is 18.0. The van der Waals surface area contributed by atoms with Gasteiger partial charge < -0.3 is 30.7 Å². The van der Waals surface area contributed by atoms with Crippen LogP contribution in [0, 0.1) is 0 Å². The third-order valence-corrected chi connectivity index (χ3v) is 6.71. The number of nitrogen functional groups attached to an aromatic ring is 1. The van der Waals surface area contributed by atoms with E-state index in [2.05, 4.69) is 29.2 Å². The van der Waals surface area contributed by atoms with Gasteiger partial charge in [0.05, 0.1) is 35.0 Å². The fourth-order valence-corrected chi connectivity index (χ4v) is 4.81. The third-order valence-electron chi connectivity index (χ3n) is 5.26. The van der Waals surface area contributed by atoms with Crippen LogP contribution in [0.5, 0.6) is 0 Å². The molecule has 0 unspecified atom stereocenters. The van der Waals surface area contributed by atoms with Gasteiger partial charge in [0.1, 0.15) is 0 Å². The SMILES string of the molecule is C=C(Nc1ccc(Cl)cc1N)[C@H](COC)NC(=O)c1cc2c(s1)CCN(C)C[C@@H]2OC. The monoisotopic (exact) mass is 464 g/mol. The van der Waals surface area contributed by atoms with Crippen molar-refractivity contribution in [3.8, 4) is 0 Å². The van der Waals surface area contributed by atoms with E-state index < -0.39 is 6.04 Å². The average Bonchev–Trinajstić information content (AvgIpc) is 3.10. The van der Waals surface area contributed by atoms with Gasteiger partial charge in [-0.05, 0) is 43.3 Å². The van der Waals surface area contributed by atoms with Gasteiger partial charge in [-0.25, -0.2) is 0 Å². The molecule has 0 fully saturated rings. The maximum atomic E-state index is 13.0. The minimum atomic E-state index is -0.446. The van der Waals surface area contributed by atoms with E-state index in [9.17, 15) is 4.79 Å². The summed E-state index contributed by atoms with van der Waals surface area (Å²) in [6.45, 7) is 6.08. The molecule has 4 N–H and O–H groups in total. The van der Waals surface area contributed by atoms with Crippen molar-refractivity contribution < 1.29 is 14.3 Å². The Bertz CT molecular complexity index is 949. The number of anilines is 2. The Morgan fingerprint density at radius 1 is 1.42 bits per heavy atom. The Morgan fingerprint density at radius 2 is 2.19 bits per heavy atom. The minimum Gasteiger partial charge on any atom is -0.397 e. The molecule has 0 saturated heterocycles. The van der Waals surface area contributed by atoms with Crippen LogP contribution in [-0.2, 0) is 15.9 Å². The van der Waals surface area contributed by atoms with E-state index in [0.29, 0.717) is 27.0 Å². The number of methoxy groups -OCH3 is 2. The Balaban J connectivity index is 1.73. The van der Waals surface area contributed by atoms with Gasteiger partial charge in [0.2, 0.25) is 0 Å². The first-order valence-electron chi connectivity index (χ1n) is 9.97. The number of thiophene rings is 1. The van der Waals surface area contributed by atoms with Crippen LogP contribution in [-0.4, -0.2) is 57.8 Å². The highest BCUT2D eigenvalue weighted by Gasteiger charge is 2.26. The quantitative estimate of drug-likeness (QED) is 0.518. The second-order valence-corrected chi connectivity index (χ2v) is 9.16. The van der Waals surface area contributed by atoms with Crippen molar-refractivity contribution in [1.29, 1.82) is 0 Å². The lowest BCUT2D eigenvalue weighted by atomic mass is 10.1. The Labute approximate surface area is 192 Å². The fourth-order valence-electron chi connectivity index (χ4n) is 3.52. The summed E-state index contributed by atoms with van der Waals surface area (Å²) in [5, 5.41) is 6.73. The molecule has 0 spiro atoms. The fraction of sp³-hybridized carbons (Fsp3) is 0.409. The zero-order valence-corrected chi connectivity index (χ0v) is 19.6. The molecule has 2 atom stereocenters. The predicted octanol–water partition coefficient (Wildman–Crippen LogP) is 3.53. The summed E-state index contributed by atoms with van der Waals surface area (Å²) in [4.78, 5) is 17.1. The molecule has 31 heavy (non-hydrogen) atoms. The molecular weight excluding hydrogens is 436 g/mol. The summed E-state index contributed by atoms with van der Waals surface area (Å²) in [6, 6.07) is 6.66. The number of benzene rings is 1. The van der Waals surface area contributed by atoms with Crippen molar-refractivity contribution in [3.05, 3.63) is 56.9 Å². The summed E-state index contributed by atoms with van der Waals surface area (Å²) in [6.07, 6.45) is 0.856. The van der Waals surface area contributed by atoms with Crippen molar-refractivity contribution in [3.63, 3.8) is 0 Å². The van der Waals surface area contributed by atoms with Crippen molar-refractivity contribution in [1.82, 2.24) is 10.2 Å². The Morgan fingerprint density at radius 3 is 2.87 bits per heavy atom. The van der Waals surface area contributed by atoms with E-state index in [1.54, 1.807) is 32.4 Å². The van der Waals surface area contributed by atoms with Gasteiger partial charge in [0, 0.05) is 42.9 Å². The molecule has 1 aliphatic rings. The number of likely N-dealkylation sites (N-methyl/N-ethyl adjacent to an activating group) is 1. The third kappa shape index (κ3) is 5.78. The summed E-state index contributed by atoms with van der Waals surface area (Å²) in [5.41, 5.74) is 8.84. The van der Waals surface area contributed by atoms with Crippen molar-refractivity contribution in [2.45, 2.75) is 18.6 Å². The molecule has 3 rings (SSSR count). The number of nitrogens with two attached hydrogens (primary N) is 1. The average molecular weight is 465 g/mol. The van der Waals surface area contributed by atoms with Gasteiger partial charge in [-0.2, -0.15) is 0 Å². The molecular formula is C22H29ClN4O3S. The first-order chi connectivity index (χ1) is 14.8. The molecule has 9 heteroatoms. The number of rotatable bonds is 8. The molecule has 1 aromatic carbocycles. The van der Waals surface area contributed by atoms with E-state index in [0.717, 1.165) is 25.1 Å². The van der Waals surface area contributed by atoms with E-state index in [1.807, 2.05) is 6.07 Å². The minimum absolute atomic E-state index is 0.0421. The normalized spacial score (nSPS) is 17.5. The Kier molecular flexibility index (Phi) is 7.96. The smallest absolute Gasteiger partial charge is 0.261 e. The van der Waals surface area contributed by atoms with Crippen LogP contribution in [0.4, 0.5) is 11.4 Å². The molecule has 2 heterocycles. The van der Waals surface area contributed by atoms with Crippen LogP contribution in [0.15, 0.2) is 36.5 Å². The molecule has 168 valence electrons. The van der Waals surface area contributed by atoms with Crippen molar-refractivity contribution in [2.75, 3.05) is 52.0 Å². The summed E-state index contributed by atoms with van der Waals surface area (Å²) in [7, 11) is 5.37. The number of amides is 1. The molecule has 1 aromatic heterocycles. The molecule has 1 amide bonds. The van der Waals surface area contributed by atoms with Gasteiger partial charge in [-0.3, -0.25) is 4.79 Å². The lowest BCUT2D eigenvalue weighted by Crippen LogP contribution is -2.40. The highest BCUT2D eigenvalue weighted by Crippen LogP contribution is 2.33. The van der Waals surface area contributed by atoms with Crippen LogP contribution >= 0.6 is 22.9 Å². The Hall–Kier alpha value is -2.10. The number of hydrogen-bond acceptors (Lipinski definition) is 7. The zero-order chi connectivity index (χ0) is 22.5. The first kappa shape index (κ1) is 23.6. The lowest BCUT2D eigenvalue weighted by molar-refractivity contribution is 0.0762.